The molecule has 1 unspecified atom stereocenters. The third kappa shape index (κ3) is 4.49. The summed E-state index contributed by atoms with van der Waals surface area (Å²) in [5.41, 5.74) is 1.71. The second kappa shape index (κ2) is 8.22. The minimum atomic E-state index is -0.831. The van der Waals surface area contributed by atoms with Crippen LogP contribution in [0.15, 0.2) is 48.5 Å². The van der Waals surface area contributed by atoms with Crippen LogP contribution < -0.4 is 9.47 Å². The normalized spacial score (nSPS) is 11.7. The number of aliphatic carboxylic acids is 1. The second-order valence-electron chi connectivity index (χ2n) is 5.34. The lowest BCUT2D eigenvalue weighted by Crippen LogP contribution is -2.14. The monoisotopic (exact) mass is 314 g/mol. The van der Waals surface area contributed by atoms with Gasteiger partial charge in [-0.3, -0.25) is 4.79 Å². The summed E-state index contributed by atoms with van der Waals surface area (Å²) in [5.74, 6) is -0.0931. The third-order valence-electron chi connectivity index (χ3n) is 3.63. The Morgan fingerprint density at radius 3 is 2.48 bits per heavy atom. The van der Waals surface area contributed by atoms with Gasteiger partial charge in [-0.05, 0) is 36.1 Å². The molecule has 0 radical (unpaired) electrons. The van der Waals surface area contributed by atoms with Crippen LogP contribution in [-0.2, 0) is 11.2 Å². The van der Waals surface area contributed by atoms with E-state index in [4.69, 9.17) is 9.47 Å². The first-order valence-electron chi connectivity index (χ1n) is 7.73. The molecule has 0 aromatic heterocycles. The van der Waals surface area contributed by atoms with Gasteiger partial charge >= 0.3 is 5.97 Å². The summed E-state index contributed by atoms with van der Waals surface area (Å²) in [4.78, 5) is 11.6. The van der Waals surface area contributed by atoms with Gasteiger partial charge in [0.05, 0.1) is 19.6 Å². The number of carbonyl (C=O) groups is 1. The van der Waals surface area contributed by atoms with Crippen molar-refractivity contribution >= 4 is 5.97 Å². The van der Waals surface area contributed by atoms with Crippen molar-refractivity contribution in [3.8, 4) is 11.5 Å². The van der Waals surface area contributed by atoms with Crippen molar-refractivity contribution in [1.82, 2.24) is 0 Å². The average molecular weight is 314 g/mol. The van der Waals surface area contributed by atoms with Crippen molar-refractivity contribution in [2.24, 2.45) is 0 Å². The van der Waals surface area contributed by atoms with Gasteiger partial charge in [0.1, 0.15) is 0 Å². The van der Waals surface area contributed by atoms with Crippen LogP contribution in [0.3, 0.4) is 0 Å². The first kappa shape index (κ1) is 16.9. The van der Waals surface area contributed by atoms with Gasteiger partial charge < -0.3 is 14.6 Å². The summed E-state index contributed by atoms with van der Waals surface area (Å²) in [5, 5.41) is 9.54. The first-order chi connectivity index (χ1) is 11.2. The lowest BCUT2D eigenvalue weighted by atomic mass is 9.92. The van der Waals surface area contributed by atoms with Crippen LogP contribution in [0.5, 0.6) is 11.5 Å². The number of rotatable bonds is 8. The molecule has 0 heterocycles. The molecule has 0 bridgehead atoms. The van der Waals surface area contributed by atoms with Crippen molar-refractivity contribution in [3.05, 3.63) is 59.7 Å². The van der Waals surface area contributed by atoms with E-state index in [2.05, 4.69) is 0 Å². The van der Waals surface area contributed by atoms with Crippen molar-refractivity contribution < 1.29 is 19.4 Å². The maximum absolute atomic E-state index is 11.6. The average Bonchev–Trinajstić information content (AvgIpc) is 2.58. The summed E-state index contributed by atoms with van der Waals surface area (Å²) in [7, 11) is 1.60. The number of carboxylic acids is 1. The van der Waals surface area contributed by atoms with E-state index in [1.165, 1.54) is 0 Å². The van der Waals surface area contributed by atoms with Crippen molar-refractivity contribution in [2.75, 3.05) is 13.7 Å². The number of hydrogen-bond donors (Lipinski definition) is 1. The molecule has 0 saturated heterocycles. The first-order valence-corrected chi connectivity index (χ1v) is 7.73. The molecule has 4 nitrogen and oxygen atoms in total. The van der Waals surface area contributed by atoms with E-state index in [0.717, 1.165) is 17.5 Å². The summed E-state index contributed by atoms with van der Waals surface area (Å²) in [6, 6.07) is 14.9. The number of benzene rings is 2. The zero-order valence-electron chi connectivity index (χ0n) is 13.5. The molecule has 0 aliphatic rings. The predicted molar refractivity (Wildman–Crippen MR) is 89.3 cm³/mol. The topological polar surface area (TPSA) is 55.8 Å². The highest BCUT2D eigenvalue weighted by atomic mass is 16.5. The van der Waals surface area contributed by atoms with Crippen LogP contribution >= 0.6 is 0 Å². The van der Waals surface area contributed by atoms with Gasteiger partial charge in [0.2, 0.25) is 0 Å². The molecule has 1 atom stereocenters. The molecule has 2 aromatic carbocycles. The zero-order chi connectivity index (χ0) is 16.7. The molecule has 2 rings (SSSR count). The molecular formula is C19H22O4. The van der Waals surface area contributed by atoms with Gasteiger partial charge in [0, 0.05) is 0 Å². The van der Waals surface area contributed by atoms with E-state index in [0.29, 0.717) is 24.5 Å². The van der Waals surface area contributed by atoms with E-state index < -0.39 is 11.9 Å². The minimum absolute atomic E-state index is 0.409. The standard InChI is InChI=1S/C19H22O4/c1-3-11-23-18-13-14(9-10-17(18)22-2)12-16(19(20)21)15-7-5-4-6-8-15/h4-10,13,16H,3,11-12H2,1-2H3,(H,20,21). The van der Waals surface area contributed by atoms with E-state index in [1.807, 2.05) is 55.5 Å². The summed E-state index contributed by atoms with van der Waals surface area (Å²) in [6.45, 7) is 2.63. The number of methoxy groups -OCH3 is 1. The Morgan fingerprint density at radius 2 is 1.87 bits per heavy atom. The molecule has 23 heavy (non-hydrogen) atoms. The molecule has 1 N–H and O–H groups in total. The Balaban J connectivity index is 2.24. The predicted octanol–water partition coefficient (Wildman–Crippen LogP) is 3.89. The van der Waals surface area contributed by atoms with E-state index >= 15 is 0 Å². The largest absolute Gasteiger partial charge is 0.493 e. The smallest absolute Gasteiger partial charge is 0.311 e. The Morgan fingerprint density at radius 1 is 1.13 bits per heavy atom. The number of hydrogen-bond acceptors (Lipinski definition) is 3. The van der Waals surface area contributed by atoms with Gasteiger partial charge in [-0.1, -0.05) is 43.3 Å². The fourth-order valence-electron chi connectivity index (χ4n) is 2.44. The fraction of sp³-hybridized carbons (Fsp3) is 0.316. The molecule has 0 amide bonds. The SMILES string of the molecule is CCCOc1cc(CC(C(=O)O)c2ccccc2)ccc1OC. The quantitative estimate of drug-likeness (QED) is 0.803. The Bertz CT molecular complexity index is 637. The zero-order valence-corrected chi connectivity index (χ0v) is 13.5. The number of carboxylic acid groups (broad SMARTS) is 1. The highest BCUT2D eigenvalue weighted by Crippen LogP contribution is 2.30. The van der Waals surface area contributed by atoms with Crippen molar-refractivity contribution in [3.63, 3.8) is 0 Å². The molecule has 0 spiro atoms. The molecule has 0 aliphatic carbocycles. The molecule has 0 fully saturated rings. The highest BCUT2D eigenvalue weighted by molar-refractivity contribution is 5.76. The van der Waals surface area contributed by atoms with Crippen molar-refractivity contribution in [1.29, 1.82) is 0 Å². The van der Waals surface area contributed by atoms with Crippen LogP contribution in [0.25, 0.3) is 0 Å². The lowest BCUT2D eigenvalue weighted by Gasteiger charge is -2.15. The van der Waals surface area contributed by atoms with Gasteiger partial charge in [-0.2, -0.15) is 0 Å². The van der Waals surface area contributed by atoms with Gasteiger partial charge in [-0.25, -0.2) is 0 Å². The summed E-state index contributed by atoms with van der Waals surface area (Å²) >= 11 is 0. The van der Waals surface area contributed by atoms with E-state index in [1.54, 1.807) is 7.11 Å². The molecule has 0 aliphatic heterocycles. The van der Waals surface area contributed by atoms with Gasteiger partial charge in [0.15, 0.2) is 11.5 Å². The minimum Gasteiger partial charge on any atom is -0.493 e. The maximum atomic E-state index is 11.6. The van der Waals surface area contributed by atoms with Gasteiger partial charge in [0.25, 0.3) is 0 Å². The molecule has 4 heteroatoms. The molecule has 0 saturated carbocycles. The number of ether oxygens (including phenoxy) is 2. The Kier molecular flexibility index (Phi) is 6.03. The molecular weight excluding hydrogens is 292 g/mol. The lowest BCUT2D eigenvalue weighted by molar-refractivity contribution is -0.138. The van der Waals surface area contributed by atoms with Crippen LogP contribution in [0.1, 0.15) is 30.4 Å². The van der Waals surface area contributed by atoms with Crippen LogP contribution in [-0.4, -0.2) is 24.8 Å². The summed E-state index contributed by atoms with van der Waals surface area (Å²) in [6.07, 6.45) is 1.31. The highest BCUT2D eigenvalue weighted by Gasteiger charge is 2.20. The molecule has 2 aromatic rings. The summed E-state index contributed by atoms with van der Waals surface area (Å²) < 4.78 is 11.0. The van der Waals surface area contributed by atoms with E-state index in [-0.39, 0.29) is 0 Å². The molecule has 122 valence electrons. The maximum Gasteiger partial charge on any atom is 0.311 e. The Labute approximate surface area is 136 Å². The van der Waals surface area contributed by atoms with Gasteiger partial charge in [-0.15, -0.1) is 0 Å². The van der Waals surface area contributed by atoms with Crippen LogP contribution in [0.4, 0.5) is 0 Å². The third-order valence-corrected chi connectivity index (χ3v) is 3.63. The second-order valence-corrected chi connectivity index (χ2v) is 5.34. The van der Waals surface area contributed by atoms with E-state index in [9.17, 15) is 9.90 Å². The van der Waals surface area contributed by atoms with Crippen molar-refractivity contribution in [2.45, 2.75) is 25.7 Å². The fourth-order valence-corrected chi connectivity index (χ4v) is 2.44. The Hall–Kier alpha value is -2.49. The van der Waals surface area contributed by atoms with Crippen LogP contribution in [0.2, 0.25) is 0 Å². The van der Waals surface area contributed by atoms with Crippen LogP contribution in [0, 0.1) is 0 Å².